The summed E-state index contributed by atoms with van der Waals surface area (Å²) in [6.45, 7) is -0.996. The molecular weight excluding hydrogens is 330 g/mol. The van der Waals surface area contributed by atoms with Crippen LogP contribution in [-0.2, 0) is 11.8 Å². The van der Waals surface area contributed by atoms with Crippen molar-refractivity contribution in [1.29, 1.82) is 0 Å². The van der Waals surface area contributed by atoms with Crippen molar-refractivity contribution < 1.29 is 27.1 Å². The van der Waals surface area contributed by atoms with Crippen LogP contribution in [0.5, 0.6) is 0 Å². The number of hydrogen-bond acceptors (Lipinski definition) is 3. The van der Waals surface area contributed by atoms with Gasteiger partial charge in [-0.3, -0.25) is 10.00 Å². The Labute approximate surface area is 136 Å². The molecule has 134 valence electrons. The average Bonchev–Trinajstić information content (AvgIpc) is 2.70. The van der Waals surface area contributed by atoms with Crippen LogP contribution in [0, 0.1) is 0 Å². The largest absolute Gasteiger partial charge is 0.443 e. The van der Waals surface area contributed by atoms with Crippen LogP contribution in [-0.4, -0.2) is 34.8 Å². The third kappa shape index (κ3) is 3.34. The van der Waals surface area contributed by atoms with Crippen molar-refractivity contribution in [3.8, 4) is 0 Å². The summed E-state index contributed by atoms with van der Waals surface area (Å²) in [4.78, 5) is 11.7. The number of amides is 1. The fourth-order valence-electron chi connectivity index (χ4n) is 3.24. The van der Waals surface area contributed by atoms with E-state index in [9.17, 15) is 22.4 Å². The quantitative estimate of drug-likeness (QED) is 0.817. The molecule has 2 aliphatic carbocycles. The van der Waals surface area contributed by atoms with Gasteiger partial charge in [0.15, 0.2) is 6.61 Å². The number of anilines is 1. The van der Waals surface area contributed by atoms with Crippen LogP contribution in [0.4, 0.5) is 28.2 Å². The molecule has 2 saturated carbocycles. The molecule has 5 nitrogen and oxygen atoms in total. The molecule has 1 aromatic heterocycles. The van der Waals surface area contributed by atoms with Gasteiger partial charge in [-0.2, -0.15) is 5.10 Å². The first-order valence-electron chi connectivity index (χ1n) is 7.93. The van der Waals surface area contributed by atoms with E-state index < -0.39 is 25.0 Å². The number of nitrogens with zero attached hydrogens (tertiary/aromatic N) is 2. The zero-order chi connectivity index (χ0) is 17.5. The Kier molecular flexibility index (Phi) is 4.44. The molecule has 3 rings (SSSR count). The molecule has 1 heterocycles. The Morgan fingerprint density at radius 2 is 2.04 bits per heavy atom. The molecule has 0 radical (unpaired) electrons. The topological polar surface area (TPSA) is 56.2 Å². The van der Waals surface area contributed by atoms with E-state index in [1.165, 1.54) is 4.68 Å². The number of ether oxygens (including phenoxy) is 1. The predicted octanol–water partition coefficient (Wildman–Crippen LogP) is 4.01. The summed E-state index contributed by atoms with van der Waals surface area (Å²) >= 11 is 0. The molecule has 24 heavy (non-hydrogen) atoms. The van der Waals surface area contributed by atoms with E-state index in [2.05, 4.69) is 15.2 Å². The zero-order valence-electron chi connectivity index (χ0n) is 13.2. The predicted molar refractivity (Wildman–Crippen MR) is 77.7 cm³/mol. The SMILES string of the molecule is Cn1nc(C2CC(F)(F)C2)c(C2CCC2)c1NC(=O)OCC(F)F. The number of alkyl halides is 4. The number of aryl methyl sites for hydroxylation is 1. The highest BCUT2D eigenvalue weighted by molar-refractivity contribution is 5.85. The number of aromatic nitrogens is 2. The molecule has 0 unspecified atom stereocenters. The minimum absolute atomic E-state index is 0.147. The minimum Gasteiger partial charge on any atom is -0.443 e. The Morgan fingerprint density at radius 1 is 1.38 bits per heavy atom. The average molecular weight is 349 g/mol. The molecule has 0 atom stereocenters. The third-order valence-electron chi connectivity index (χ3n) is 4.66. The molecule has 0 saturated heterocycles. The fraction of sp³-hybridized carbons (Fsp3) is 0.733. The van der Waals surface area contributed by atoms with E-state index in [1.807, 2.05) is 0 Å². The van der Waals surface area contributed by atoms with Crippen LogP contribution < -0.4 is 5.32 Å². The van der Waals surface area contributed by atoms with E-state index in [0.717, 1.165) is 24.8 Å². The van der Waals surface area contributed by atoms with Crippen LogP contribution in [0.15, 0.2) is 0 Å². The van der Waals surface area contributed by atoms with Crippen LogP contribution in [0.25, 0.3) is 0 Å². The molecule has 9 heteroatoms. The summed E-state index contributed by atoms with van der Waals surface area (Å²) in [7, 11) is 1.59. The van der Waals surface area contributed by atoms with Gasteiger partial charge in [0.2, 0.25) is 5.92 Å². The van der Waals surface area contributed by atoms with Gasteiger partial charge < -0.3 is 4.74 Å². The lowest BCUT2D eigenvalue weighted by molar-refractivity contribution is -0.0879. The summed E-state index contributed by atoms with van der Waals surface area (Å²) < 4.78 is 56.5. The van der Waals surface area contributed by atoms with Crippen LogP contribution in [0.1, 0.15) is 55.2 Å². The second kappa shape index (κ2) is 6.25. The summed E-state index contributed by atoms with van der Waals surface area (Å²) in [5, 5.41) is 6.76. The molecule has 0 aromatic carbocycles. The Balaban J connectivity index is 1.80. The van der Waals surface area contributed by atoms with Crippen LogP contribution >= 0.6 is 0 Å². The van der Waals surface area contributed by atoms with E-state index in [-0.39, 0.29) is 24.7 Å². The second-order valence-corrected chi connectivity index (χ2v) is 6.47. The van der Waals surface area contributed by atoms with Crippen molar-refractivity contribution in [3.63, 3.8) is 0 Å². The van der Waals surface area contributed by atoms with Crippen molar-refractivity contribution in [2.24, 2.45) is 7.05 Å². The summed E-state index contributed by atoms with van der Waals surface area (Å²) in [5.41, 5.74) is 1.33. The number of rotatable bonds is 5. The van der Waals surface area contributed by atoms with Crippen molar-refractivity contribution >= 4 is 11.9 Å². The normalized spacial score (nSPS) is 20.6. The minimum atomic E-state index is -2.75. The highest BCUT2D eigenvalue weighted by atomic mass is 19.3. The molecule has 0 aliphatic heterocycles. The maximum absolute atomic E-state index is 13.2. The number of carbonyl (C=O) groups excluding carboxylic acids is 1. The van der Waals surface area contributed by atoms with E-state index >= 15 is 0 Å². The van der Waals surface area contributed by atoms with E-state index in [4.69, 9.17) is 0 Å². The van der Waals surface area contributed by atoms with Crippen LogP contribution in [0.2, 0.25) is 0 Å². The molecule has 0 bridgehead atoms. The molecule has 2 fully saturated rings. The summed E-state index contributed by atoms with van der Waals surface area (Å²) in [5.74, 6) is -2.50. The van der Waals surface area contributed by atoms with Gasteiger partial charge in [0.05, 0.1) is 5.69 Å². The molecule has 1 N–H and O–H groups in total. The highest BCUT2D eigenvalue weighted by Gasteiger charge is 2.49. The number of carbonyl (C=O) groups is 1. The van der Waals surface area contributed by atoms with Crippen molar-refractivity contribution in [2.75, 3.05) is 11.9 Å². The Hall–Kier alpha value is -1.80. The molecule has 1 amide bonds. The highest BCUT2D eigenvalue weighted by Crippen LogP contribution is 2.52. The number of nitrogens with one attached hydrogen (secondary N) is 1. The Morgan fingerprint density at radius 3 is 2.54 bits per heavy atom. The van der Waals surface area contributed by atoms with Crippen molar-refractivity contribution in [2.45, 2.75) is 56.3 Å². The van der Waals surface area contributed by atoms with E-state index in [0.29, 0.717) is 11.5 Å². The van der Waals surface area contributed by atoms with Gasteiger partial charge in [0.1, 0.15) is 5.82 Å². The van der Waals surface area contributed by atoms with Gasteiger partial charge in [-0.05, 0) is 18.8 Å². The fourth-order valence-corrected chi connectivity index (χ4v) is 3.24. The molecule has 2 aliphatic rings. The first-order chi connectivity index (χ1) is 11.3. The third-order valence-corrected chi connectivity index (χ3v) is 4.66. The summed E-state index contributed by atoms with van der Waals surface area (Å²) in [6.07, 6.45) is -1.44. The van der Waals surface area contributed by atoms with Crippen molar-refractivity contribution in [1.82, 2.24) is 9.78 Å². The first kappa shape index (κ1) is 17.0. The molecular formula is C15H19F4N3O2. The lowest BCUT2D eigenvalue weighted by Gasteiger charge is -2.36. The maximum Gasteiger partial charge on any atom is 0.413 e. The standard InChI is InChI=1S/C15H19F4N3O2/c1-22-13(20-14(23)24-7-10(16)17)11(8-3-2-4-8)12(21-22)9-5-15(18,19)6-9/h8-10H,2-7H2,1H3,(H,20,23). The van der Waals surface area contributed by atoms with E-state index in [1.54, 1.807) is 7.05 Å². The van der Waals surface area contributed by atoms with Gasteiger partial charge in [-0.1, -0.05) is 6.42 Å². The van der Waals surface area contributed by atoms with Gasteiger partial charge in [0, 0.05) is 31.4 Å². The molecule has 0 spiro atoms. The maximum atomic E-state index is 13.2. The zero-order valence-corrected chi connectivity index (χ0v) is 13.2. The smallest absolute Gasteiger partial charge is 0.413 e. The summed E-state index contributed by atoms with van der Waals surface area (Å²) in [6, 6.07) is 0. The van der Waals surface area contributed by atoms with Gasteiger partial charge >= 0.3 is 6.09 Å². The van der Waals surface area contributed by atoms with Crippen LogP contribution in [0.3, 0.4) is 0 Å². The monoisotopic (exact) mass is 349 g/mol. The Bertz CT molecular complexity index is 620. The lowest BCUT2D eigenvalue weighted by atomic mass is 9.73. The number of hydrogen-bond donors (Lipinski definition) is 1. The van der Waals surface area contributed by atoms with Crippen molar-refractivity contribution in [3.05, 3.63) is 11.3 Å². The lowest BCUT2D eigenvalue weighted by Crippen LogP contribution is -2.34. The second-order valence-electron chi connectivity index (χ2n) is 6.47. The molecule has 1 aromatic rings. The van der Waals surface area contributed by atoms with Gasteiger partial charge in [0.25, 0.3) is 6.43 Å². The van der Waals surface area contributed by atoms with Gasteiger partial charge in [-0.15, -0.1) is 0 Å². The number of halogens is 4. The first-order valence-corrected chi connectivity index (χ1v) is 7.93. The van der Waals surface area contributed by atoms with Gasteiger partial charge in [-0.25, -0.2) is 22.4 Å².